The second-order valence-corrected chi connectivity index (χ2v) is 7.39. The van der Waals surface area contributed by atoms with Crippen molar-refractivity contribution in [2.75, 3.05) is 11.9 Å². The summed E-state index contributed by atoms with van der Waals surface area (Å²) in [5.41, 5.74) is 1.09. The third-order valence-electron chi connectivity index (χ3n) is 5.21. The Balaban J connectivity index is 1.59. The third kappa shape index (κ3) is 3.33. The highest BCUT2D eigenvalue weighted by Gasteiger charge is 2.50. The molecule has 0 bridgehead atoms. The van der Waals surface area contributed by atoms with E-state index in [0.717, 1.165) is 21.2 Å². The maximum atomic E-state index is 13.2. The smallest absolute Gasteiger partial charge is 0.325 e. The van der Waals surface area contributed by atoms with Crippen LogP contribution < -0.4 is 10.6 Å². The summed E-state index contributed by atoms with van der Waals surface area (Å²) in [6.07, 6.45) is 0. The minimum Gasteiger partial charge on any atom is -0.325 e. The van der Waals surface area contributed by atoms with Gasteiger partial charge in [0.25, 0.3) is 5.91 Å². The Kier molecular flexibility index (Phi) is 4.54. The van der Waals surface area contributed by atoms with E-state index in [2.05, 4.69) is 10.6 Å². The number of hydrogen-bond donors (Lipinski definition) is 2. The third-order valence-corrected chi connectivity index (χ3v) is 5.21. The maximum Gasteiger partial charge on any atom is 0.325 e. The van der Waals surface area contributed by atoms with Crippen LogP contribution in [0.4, 0.5) is 10.5 Å². The van der Waals surface area contributed by atoms with Gasteiger partial charge >= 0.3 is 6.03 Å². The summed E-state index contributed by atoms with van der Waals surface area (Å²) in [6, 6.07) is 20.1. The molecule has 146 valence electrons. The van der Waals surface area contributed by atoms with E-state index in [1.807, 2.05) is 67.6 Å². The molecular weight excluding hydrogens is 366 g/mol. The van der Waals surface area contributed by atoms with Crippen LogP contribution >= 0.6 is 0 Å². The first-order valence-corrected chi connectivity index (χ1v) is 9.37. The number of anilines is 1. The Labute approximate surface area is 168 Å². The lowest BCUT2D eigenvalue weighted by atomic mass is 9.88. The molecule has 6 nitrogen and oxygen atoms in total. The molecule has 4 amide bonds. The second-order valence-electron chi connectivity index (χ2n) is 7.39. The van der Waals surface area contributed by atoms with Crippen molar-refractivity contribution in [3.05, 3.63) is 77.9 Å². The van der Waals surface area contributed by atoms with E-state index in [-0.39, 0.29) is 6.54 Å². The van der Waals surface area contributed by atoms with Gasteiger partial charge in [-0.25, -0.2) is 4.79 Å². The number of nitrogens with one attached hydrogen (secondary N) is 2. The predicted octanol–water partition coefficient (Wildman–Crippen LogP) is 3.55. The number of amides is 4. The van der Waals surface area contributed by atoms with E-state index >= 15 is 0 Å². The Bertz CT molecular complexity index is 1140. The van der Waals surface area contributed by atoms with E-state index in [1.54, 1.807) is 13.0 Å². The van der Waals surface area contributed by atoms with Crippen LogP contribution in [0.25, 0.3) is 10.8 Å². The molecule has 4 rings (SSSR count). The van der Waals surface area contributed by atoms with Gasteiger partial charge in [0.2, 0.25) is 5.91 Å². The highest BCUT2D eigenvalue weighted by Crippen LogP contribution is 2.33. The van der Waals surface area contributed by atoms with Crippen molar-refractivity contribution >= 4 is 34.3 Å². The number of hydrogen-bond acceptors (Lipinski definition) is 3. The van der Waals surface area contributed by atoms with Crippen molar-refractivity contribution in [1.82, 2.24) is 10.2 Å². The zero-order chi connectivity index (χ0) is 20.6. The first kappa shape index (κ1) is 18.7. The van der Waals surface area contributed by atoms with Crippen molar-refractivity contribution in [3.8, 4) is 0 Å². The van der Waals surface area contributed by atoms with Crippen LogP contribution in [0.1, 0.15) is 18.1 Å². The first-order chi connectivity index (χ1) is 13.9. The normalized spacial score (nSPS) is 18.8. The molecule has 0 aromatic heterocycles. The van der Waals surface area contributed by atoms with Crippen LogP contribution in [0.15, 0.2) is 66.7 Å². The Hall–Kier alpha value is -3.67. The molecule has 0 saturated carbocycles. The van der Waals surface area contributed by atoms with Crippen LogP contribution in [0, 0.1) is 6.92 Å². The molecule has 1 fully saturated rings. The topological polar surface area (TPSA) is 78.5 Å². The van der Waals surface area contributed by atoms with E-state index in [1.165, 1.54) is 0 Å². The van der Waals surface area contributed by atoms with Crippen molar-refractivity contribution in [3.63, 3.8) is 0 Å². The minimum absolute atomic E-state index is 0.348. The lowest BCUT2D eigenvalue weighted by Crippen LogP contribution is -2.42. The maximum absolute atomic E-state index is 13.2. The highest BCUT2D eigenvalue weighted by atomic mass is 16.2. The van der Waals surface area contributed by atoms with Crippen LogP contribution in [-0.4, -0.2) is 29.3 Å². The Morgan fingerprint density at radius 1 is 1.03 bits per heavy atom. The molecule has 2 N–H and O–H groups in total. The largest absolute Gasteiger partial charge is 0.325 e. The molecule has 0 spiro atoms. The number of rotatable bonds is 4. The first-order valence-electron chi connectivity index (χ1n) is 9.37. The fourth-order valence-electron chi connectivity index (χ4n) is 3.75. The van der Waals surface area contributed by atoms with Crippen LogP contribution in [0.5, 0.6) is 0 Å². The summed E-state index contributed by atoms with van der Waals surface area (Å²) in [6.45, 7) is 3.25. The average Bonchev–Trinajstić information content (AvgIpc) is 2.91. The lowest BCUT2D eigenvalue weighted by molar-refractivity contribution is -0.133. The summed E-state index contributed by atoms with van der Waals surface area (Å²) >= 11 is 0. The van der Waals surface area contributed by atoms with Crippen LogP contribution in [0.3, 0.4) is 0 Å². The fraction of sp³-hybridized carbons (Fsp3) is 0.174. The van der Waals surface area contributed by atoms with E-state index in [9.17, 15) is 14.4 Å². The number of fused-ring (bicyclic) bond motifs is 1. The molecule has 1 heterocycles. The van der Waals surface area contributed by atoms with E-state index in [0.29, 0.717) is 11.3 Å². The van der Waals surface area contributed by atoms with Crippen LogP contribution in [-0.2, 0) is 15.1 Å². The Morgan fingerprint density at radius 2 is 1.76 bits per heavy atom. The summed E-state index contributed by atoms with van der Waals surface area (Å²) in [5.74, 6) is -0.875. The molecule has 3 aromatic carbocycles. The Morgan fingerprint density at radius 3 is 2.55 bits per heavy atom. The summed E-state index contributed by atoms with van der Waals surface area (Å²) < 4.78 is 0. The molecule has 0 aliphatic carbocycles. The zero-order valence-corrected chi connectivity index (χ0v) is 16.2. The van der Waals surface area contributed by atoms with Crippen LogP contribution in [0.2, 0.25) is 0 Å². The summed E-state index contributed by atoms with van der Waals surface area (Å²) in [4.78, 5) is 39.2. The van der Waals surface area contributed by atoms with Gasteiger partial charge in [0, 0.05) is 5.69 Å². The predicted molar refractivity (Wildman–Crippen MR) is 111 cm³/mol. The standard InChI is InChI=1S/C23H21N3O3/c1-15-7-5-10-17(13-15)24-20(27)14-26-21(28)23(2,25-22(26)29)19-12-6-9-16-8-3-4-11-18(16)19/h3-13H,14H2,1-2H3,(H,24,27)(H,25,29)/t23-/m0/s1. The molecule has 0 unspecified atom stereocenters. The number of carbonyl (C=O) groups is 3. The molecule has 0 radical (unpaired) electrons. The second kappa shape index (κ2) is 7.05. The molecule has 6 heteroatoms. The van der Waals surface area contributed by atoms with Crippen molar-refractivity contribution in [1.29, 1.82) is 0 Å². The summed E-state index contributed by atoms with van der Waals surface area (Å²) in [7, 11) is 0. The molecule has 1 saturated heterocycles. The van der Waals surface area contributed by atoms with Crippen molar-refractivity contribution in [2.45, 2.75) is 19.4 Å². The minimum atomic E-state index is -1.23. The van der Waals surface area contributed by atoms with Gasteiger partial charge in [-0.05, 0) is 47.9 Å². The number of imide groups is 1. The number of benzene rings is 3. The van der Waals surface area contributed by atoms with Gasteiger partial charge in [0.15, 0.2) is 0 Å². The van der Waals surface area contributed by atoms with Gasteiger partial charge in [0.1, 0.15) is 12.1 Å². The molecule has 3 aromatic rings. The number of urea groups is 1. The van der Waals surface area contributed by atoms with Crippen molar-refractivity contribution in [2.24, 2.45) is 0 Å². The number of aryl methyl sites for hydroxylation is 1. The summed E-state index contributed by atoms with van der Waals surface area (Å²) in [5, 5.41) is 7.37. The zero-order valence-electron chi connectivity index (χ0n) is 16.2. The quantitative estimate of drug-likeness (QED) is 0.672. The fourth-order valence-corrected chi connectivity index (χ4v) is 3.75. The van der Waals surface area contributed by atoms with Gasteiger partial charge in [-0.1, -0.05) is 54.6 Å². The SMILES string of the molecule is Cc1cccc(NC(=O)CN2C(=O)N[C@@](C)(c3cccc4ccccc34)C2=O)c1. The molecule has 1 aliphatic rings. The molecule has 1 aliphatic heterocycles. The number of nitrogens with zero attached hydrogens (tertiary/aromatic N) is 1. The average molecular weight is 387 g/mol. The van der Waals surface area contributed by atoms with E-state index < -0.39 is 23.4 Å². The lowest BCUT2D eigenvalue weighted by Gasteiger charge is -2.24. The molecular formula is C23H21N3O3. The van der Waals surface area contributed by atoms with Crippen molar-refractivity contribution < 1.29 is 14.4 Å². The van der Waals surface area contributed by atoms with Gasteiger partial charge < -0.3 is 10.6 Å². The van der Waals surface area contributed by atoms with Gasteiger partial charge in [-0.15, -0.1) is 0 Å². The van der Waals surface area contributed by atoms with Gasteiger partial charge in [0.05, 0.1) is 0 Å². The molecule has 1 atom stereocenters. The number of carbonyl (C=O) groups excluding carboxylic acids is 3. The van der Waals surface area contributed by atoms with Gasteiger partial charge in [-0.3, -0.25) is 14.5 Å². The monoisotopic (exact) mass is 387 g/mol. The van der Waals surface area contributed by atoms with Gasteiger partial charge in [-0.2, -0.15) is 0 Å². The molecule has 29 heavy (non-hydrogen) atoms. The van der Waals surface area contributed by atoms with E-state index in [4.69, 9.17) is 0 Å². The highest BCUT2D eigenvalue weighted by molar-refractivity contribution is 6.11.